The summed E-state index contributed by atoms with van der Waals surface area (Å²) < 4.78 is 0. The molecular weight excluding hydrogens is 274 g/mol. The van der Waals surface area contributed by atoms with Crippen molar-refractivity contribution < 1.29 is 19.8 Å². The van der Waals surface area contributed by atoms with E-state index in [1.165, 1.54) is 11.1 Å². The van der Waals surface area contributed by atoms with Crippen molar-refractivity contribution in [1.29, 1.82) is 0 Å². The fourth-order valence-electron chi connectivity index (χ4n) is 2.53. The van der Waals surface area contributed by atoms with Gasteiger partial charge in [-0.15, -0.1) is 0 Å². The smallest absolute Gasteiger partial charge is 0.326 e. The lowest BCUT2D eigenvalue weighted by atomic mass is 10.1. The van der Waals surface area contributed by atoms with Crippen LogP contribution in [-0.2, 0) is 4.79 Å². The Hall–Kier alpha value is -2.54. The molecule has 7 heteroatoms. The molecule has 0 saturated carbocycles. The van der Waals surface area contributed by atoms with E-state index in [-0.39, 0.29) is 13.0 Å². The Morgan fingerprint density at radius 1 is 1.19 bits per heavy atom. The highest BCUT2D eigenvalue weighted by Gasteiger charge is 2.39. The topological polar surface area (TPSA) is 104 Å². The van der Waals surface area contributed by atoms with E-state index in [0.717, 1.165) is 0 Å². The van der Waals surface area contributed by atoms with Gasteiger partial charge in [-0.05, 0) is 18.2 Å². The molecule has 1 aliphatic heterocycles. The maximum atomic E-state index is 12.5. The summed E-state index contributed by atoms with van der Waals surface area (Å²) in [5.74, 6) is -1.54. The van der Waals surface area contributed by atoms with Crippen LogP contribution in [0.5, 0.6) is 0 Å². The highest BCUT2D eigenvalue weighted by atomic mass is 16.4. The van der Waals surface area contributed by atoms with Crippen LogP contribution < -0.4 is 0 Å². The Morgan fingerprint density at radius 2 is 1.90 bits per heavy atom. The van der Waals surface area contributed by atoms with Gasteiger partial charge in [-0.2, -0.15) is 0 Å². The van der Waals surface area contributed by atoms with Crippen LogP contribution in [0.4, 0.5) is 0 Å². The Labute approximate surface area is 119 Å². The predicted octanol–water partition coefficient (Wildman–Crippen LogP) is 0.290. The number of β-amino-alcohol motifs (C(OH)–C–C–N with tert-alkyl or cyclic N) is 1. The molecule has 2 N–H and O–H groups in total. The molecular formula is C14H13N3O4. The number of carboxylic acids is 1. The normalized spacial score (nSPS) is 21.7. The first kappa shape index (κ1) is 13.4. The highest BCUT2D eigenvalue weighted by molar-refractivity contribution is 5.99. The minimum Gasteiger partial charge on any atom is -0.480 e. The third-order valence-corrected chi connectivity index (χ3v) is 3.54. The van der Waals surface area contributed by atoms with E-state index in [1.54, 1.807) is 24.4 Å². The molecule has 1 aliphatic rings. The summed E-state index contributed by atoms with van der Waals surface area (Å²) in [4.78, 5) is 33.1. The van der Waals surface area contributed by atoms with Crippen molar-refractivity contribution in [2.24, 2.45) is 0 Å². The number of carboxylic acid groups (broad SMARTS) is 1. The van der Waals surface area contributed by atoms with Crippen LogP contribution in [0.2, 0.25) is 0 Å². The van der Waals surface area contributed by atoms with E-state index in [4.69, 9.17) is 5.11 Å². The number of amides is 1. The van der Waals surface area contributed by atoms with Crippen molar-refractivity contribution in [1.82, 2.24) is 14.9 Å². The van der Waals surface area contributed by atoms with Crippen molar-refractivity contribution in [3.63, 3.8) is 0 Å². The maximum Gasteiger partial charge on any atom is 0.326 e. The first-order chi connectivity index (χ1) is 10.1. The molecule has 1 saturated heterocycles. The number of aliphatic hydroxyl groups is 1. The zero-order valence-corrected chi connectivity index (χ0v) is 11.0. The second kappa shape index (κ2) is 5.10. The van der Waals surface area contributed by atoms with Crippen molar-refractivity contribution >= 4 is 22.9 Å². The first-order valence-corrected chi connectivity index (χ1v) is 6.49. The molecule has 1 amide bonds. The van der Waals surface area contributed by atoms with Crippen LogP contribution in [0, 0.1) is 0 Å². The zero-order chi connectivity index (χ0) is 15.0. The SMILES string of the molecule is O=C(O)[C@@H]1C[C@@H](O)CN1C(=O)c1ccc2nccnc2c1. The zero-order valence-electron chi connectivity index (χ0n) is 11.0. The molecule has 1 aromatic carbocycles. The summed E-state index contributed by atoms with van der Waals surface area (Å²) in [5, 5.41) is 18.7. The van der Waals surface area contributed by atoms with E-state index in [9.17, 15) is 14.7 Å². The minimum absolute atomic E-state index is 0.0221. The summed E-state index contributed by atoms with van der Waals surface area (Å²) in [6, 6.07) is 3.83. The number of hydrogen-bond acceptors (Lipinski definition) is 5. The van der Waals surface area contributed by atoms with Crippen LogP contribution in [0.3, 0.4) is 0 Å². The van der Waals surface area contributed by atoms with Gasteiger partial charge in [-0.1, -0.05) is 0 Å². The molecule has 2 atom stereocenters. The molecule has 0 spiro atoms. The number of benzene rings is 1. The van der Waals surface area contributed by atoms with Crippen LogP contribution in [-0.4, -0.2) is 55.6 Å². The quantitative estimate of drug-likeness (QED) is 0.822. The van der Waals surface area contributed by atoms with Crippen LogP contribution in [0.15, 0.2) is 30.6 Å². The summed E-state index contributed by atoms with van der Waals surface area (Å²) in [6.45, 7) is 0.0221. The van der Waals surface area contributed by atoms with Crippen LogP contribution in [0.1, 0.15) is 16.8 Å². The van der Waals surface area contributed by atoms with Gasteiger partial charge in [0.05, 0.1) is 17.1 Å². The van der Waals surface area contributed by atoms with Gasteiger partial charge in [0.2, 0.25) is 0 Å². The summed E-state index contributed by atoms with van der Waals surface area (Å²) in [5.41, 5.74) is 1.56. The van der Waals surface area contributed by atoms with E-state index < -0.39 is 24.0 Å². The molecule has 0 bridgehead atoms. The van der Waals surface area contributed by atoms with Gasteiger partial charge < -0.3 is 15.1 Å². The Balaban J connectivity index is 1.94. The Bertz CT molecular complexity index is 718. The Morgan fingerprint density at radius 3 is 2.62 bits per heavy atom. The molecule has 0 aliphatic carbocycles. The lowest BCUT2D eigenvalue weighted by Gasteiger charge is -2.21. The number of carbonyl (C=O) groups is 2. The molecule has 21 heavy (non-hydrogen) atoms. The number of nitrogens with zero attached hydrogens (tertiary/aromatic N) is 3. The minimum atomic E-state index is -1.11. The average molecular weight is 287 g/mol. The first-order valence-electron chi connectivity index (χ1n) is 6.49. The predicted molar refractivity (Wildman–Crippen MR) is 72.6 cm³/mol. The van der Waals surface area contributed by atoms with Crippen molar-refractivity contribution in [2.75, 3.05) is 6.54 Å². The summed E-state index contributed by atoms with van der Waals surface area (Å²) in [6.07, 6.45) is 2.32. The number of likely N-dealkylation sites (tertiary alicyclic amines) is 1. The molecule has 2 heterocycles. The van der Waals surface area contributed by atoms with Gasteiger partial charge in [-0.3, -0.25) is 14.8 Å². The monoisotopic (exact) mass is 287 g/mol. The number of aliphatic hydroxyl groups excluding tert-OH is 1. The van der Waals surface area contributed by atoms with Gasteiger partial charge >= 0.3 is 5.97 Å². The largest absolute Gasteiger partial charge is 0.480 e. The van der Waals surface area contributed by atoms with Gasteiger partial charge in [0.25, 0.3) is 5.91 Å². The number of fused-ring (bicyclic) bond motifs is 1. The van der Waals surface area contributed by atoms with Crippen molar-refractivity contribution in [3.05, 3.63) is 36.2 Å². The third-order valence-electron chi connectivity index (χ3n) is 3.54. The van der Waals surface area contributed by atoms with Gasteiger partial charge in [0.15, 0.2) is 0 Å². The fraction of sp³-hybridized carbons (Fsp3) is 0.286. The Kier molecular flexibility index (Phi) is 3.26. The van der Waals surface area contributed by atoms with E-state index in [1.807, 2.05) is 0 Å². The maximum absolute atomic E-state index is 12.5. The van der Waals surface area contributed by atoms with E-state index in [2.05, 4.69) is 9.97 Å². The van der Waals surface area contributed by atoms with Crippen LogP contribution in [0.25, 0.3) is 11.0 Å². The molecule has 0 unspecified atom stereocenters. The number of aromatic nitrogens is 2. The number of carbonyl (C=O) groups excluding carboxylic acids is 1. The lowest BCUT2D eigenvalue weighted by Crippen LogP contribution is -2.40. The molecule has 108 valence electrons. The standard InChI is InChI=1S/C14H13N3O4/c18-9-6-12(14(20)21)17(7-9)13(19)8-1-2-10-11(5-8)16-4-3-15-10/h1-5,9,12,18H,6-7H2,(H,20,21)/t9-,12+/m1/s1. The second-order valence-electron chi connectivity index (χ2n) is 4.96. The lowest BCUT2D eigenvalue weighted by molar-refractivity contribution is -0.141. The molecule has 0 radical (unpaired) electrons. The second-order valence-corrected chi connectivity index (χ2v) is 4.96. The van der Waals surface area contributed by atoms with Gasteiger partial charge in [0, 0.05) is 30.9 Å². The third kappa shape index (κ3) is 2.43. The van der Waals surface area contributed by atoms with E-state index in [0.29, 0.717) is 16.6 Å². The van der Waals surface area contributed by atoms with E-state index >= 15 is 0 Å². The molecule has 2 aromatic rings. The average Bonchev–Trinajstić information content (AvgIpc) is 2.88. The molecule has 7 nitrogen and oxygen atoms in total. The summed E-state index contributed by atoms with van der Waals surface area (Å²) >= 11 is 0. The summed E-state index contributed by atoms with van der Waals surface area (Å²) in [7, 11) is 0. The number of aliphatic carboxylic acids is 1. The highest BCUT2D eigenvalue weighted by Crippen LogP contribution is 2.22. The van der Waals surface area contributed by atoms with Gasteiger partial charge in [-0.25, -0.2) is 4.79 Å². The number of hydrogen-bond donors (Lipinski definition) is 2. The molecule has 1 fully saturated rings. The molecule has 1 aromatic heterocycles. The fourth-order valence-corrected chi connectivity index (χ4v) is 2.53. The molecule has 3 rings (SSSR count). The number of rotatable bonds is 2. The van der Waals surface area contributed by atoms with Crippen molar-refractivity contribution in [2.45, 2.75) is 18.6 Å². The van der Waals surface area contributed by atoms with Gasteiger partial charge in [0.1, 0.15) is 6.04 Å². The van der Waals surface area contributed by atoms with Crippen molar-refractivity contribution in [3.8, 4) is 0 Å². The van der Waals surface area contributed by atoms with Crippen LogP contribution >= 0.6 is 0 Å².